The third-order valence-electron chi connectivity index (χ3n) is 2.24. The van der Waals surface area contributed by atoms with E-state index in [0.717, 1.165) is 25.1 Å². The molecule has 0 unspecified atom stereocenters. The second-order valence-corrected chi connectivity index (χ2v) is 6.20. The van der Waals surface area contributed by atoms with Gasteiger partial charge in [-0.25, -0.2) is 0 Å². The summed E-state index contributed by atoms with van der Waals surface area (Å²) in [4.78, 5) is 12.8. The zero-order valence-electron chi connectivity index (χ0n) is 8.96. The fraction of sp³-hybridized carbons (Fsp3) is 0.0833. The number of rotatable bonds is 2. The molecule has 0 fully saturated rings. The number of carbonyl (C=O) groups excluding carboxylic acids is 1. The summed E-state index contributed by atoms with van der Waals surface area (Å²) in [5.74, 6) is -0.0729. The normalized spacial score (nSPS) is 10.3. The van der Waals surface area contributed by atoms with Gasteiger partial charge in [-0.1, -0.05) is 15.9 Å². The summed E-state index contributed by atoms with van der Waals surface area (Å²) in [5, 5.41) is 4.81. The fourth-order valence-electron chi connectivity index (χ4n) is 1.38. The molecule has 2 aromatic rings. The van der Waals surface area contributed by atoms with Gasteiger partial charge in [0.05, 0.1) is 10.6 Å². The highest BCUT2D eigenvalue weighted by Gasteiger charge is 2.12. The molecule has 0 aliphatic heterocycles. The lowest BCUT2D eigenvalue weighted by Gasteiger charge is -2.07. The monoisotopic (exact) mass is 373 g/mol. The van der Waals surface area contributed by atoms with Crippen LogP contribution in [0.2, 0.25) is 0 Å². The maximum absolute atomic E-state index is 12.0. The van der Waals surface area contributed by atoms with E-state index in [4.69, 9.17) is 0 Å². The van der Waals surface area contributed by atoms with E-state index in [-0.39, 0.29) is 5.91 Å². The first-order valence-corrected chi connectivity index (χ1v) is 7.35. The van der Waals surface area contributed by atoms with Crippen molar-refractivity contribution in [1.82, 2.24) is 0 Å². The van der Waals surface area contributed by atoms with Crippen molar-refractivity contribution in [3.63, 3.8) is 0 Å². The number of anilines is 1. The van der Waals surface area contributed by atoms with E-state index in [1.54, 1.807) is 0 Å². The van der Waals surface area contributed by atoms with Gasteiger partial charge in [-0.3, -0.25) is 4.79 Å². The second-order valence-electron chi connectivity index (χ2n) is 3.51. The van der Waals surface area contributed by atoms with Crippen LogP contribution in [0.3, 0.4) is 0 Å². The molecule has 0 atom stereocenters. The predicted molar refractivity (Wildman–Crippen MR) is 78.9 cm³/mol. The van der Waals surface area contributed by atoms with Crippen LogP contribution >= 0.6 is 43.2 Å². The molecule has 1 heterocycles. The largest absolute Gasteiger partial charge is 0.320 e. The van der Waals surface area contributed by atoms with Gasteiger partial charge in [-0.2, -0.15) is 0 Å². The predicted octanol–water partition coefficient (Wildman–Crippen LogP) is 4.83. The molecule has 0 bridgehead atoms. The lowest BCUT2D eigenvalue weighted by atomic mass is 10.2. The Balaban J connectivity index is 2.24. The van der Waals surface area contributed by atoms with Crippen LogP contribution in [0.25, 0.3) is 0 Å². The number of halogens is 2. The van der Waals surface area contributed by atoms with Crippen molar-refractivity contribution in [1.29, 1.82) is 0 Å². The van der Waals surface area contributed by atoms with Gasteiger partial charge in [-0.05, 0) is 58.1 Å². The molecule has 1 aromatic carbocycles. The van der Waals surface area contributed by atoms with Gasteiger partial charge in [0.25, 0.3) is 5.91 Å². The molecule has 0 aliphatic rings. The van der Waals surface area contributed by atoms with E-state index in [9.17, 15) is 4.79 Å². The van der Waals surface area contributed by atoms with Crippen LogP contribution < -0.4 is 5.32 Å². The van der Waals surface area contributed by atoms with Gasteiger partial charge in [0, 0.05) is 8.95 Å². The van der Waals surface area contributed by atoms with Gasteiger partial charge < -0.3 is 5.32 Å². The minimum absolute atomic E-state index is 0.0729. The average Bonchev–Trinajstić information content (AvgIpc) is 2.70. The summed E-state index contributed by atoms with van der Waals surface area (Å²) in [6.07, 6.45) is 0. The first-order chi connectivity index (χ1) is 8.08. The highest BCUT2D eigenvalue weighted by molar-refractivity contribution is 9.11. The highest BCUT2D eigenvalue weighted by Crippen LogP contribution is 2.27. The van der Waals surface area contributed by atoms with Gasteiger partial charge in [0.15, 0.2) is 0 Å². The van der Waals surface area contributed by atoms with Crippen molar-refractivity contribution in [2.24, 2.45) is 0 Å². The van der Waals surface area contributed by atoms with Crippen molar-refractivity contribution in [2.45, 2.75) is 6.92 Å². The maximum Gasteiger partial charge on any atom is 0.266 e. The molecule has 0 aliphatic carbocycles. The lowest BCUT2D eigenvalue weighted by Crippen LogP contribution is -2.11. The molecule has 88 valence electrons. The Morgan fingerprint density at radius 3 is 2.71 bits per heavy atom. The van der Waals surface area contributed by atoms with Crippen LogP contribution in [0, 0.1) is 6.92 Å². The Morgan fingerprint density at radius 1 is 1.29 bits per heavy atom. The third-order valence-corrected chi connectivity index (χ3v) is 4.44. The molecule has 2 nitrogen and oxygen atoms in total. The number of benzene rings is 1. The van der Waals surface area contributed by atoms with Gasteiger partial charge in [0.2, 0.25) is 0 Å². The maximum atomic E-state index is 12.0. The first kappa shape index (κ1) is 12.8. The Bertz CT molecular complexity index is 565. The van der Waals surface area contributed by atoms with Crippen molar-refractivity contribution < 1.29 is 4.79 Å². The van der Waals surface area contributed by atoms with Crippen molar-refractivity contribution in [2.75, 3.05) is 5.32 Å². The van der Waals surface area contributed by atoms with E-state index >= 15 is 0 Å². The van der Waals surface area contributed by atoms with E-state index in [1.807, 2.05) is 36.6 Å². The Labute approximate surface area is 120 Å². The third kappa shape index (κ3) is 2.97. The first-order valence-electron chi connectivity index (χ1n) is 4.88. The molecule has 0 radical (unpaired) electrons. The zero-order chi connectivity index (χ0) is 12.4. The molecular weight excluding hydrogens is 366 g/mol. The van der Waals surface area contributed by atoms with Crippen LogP contribution in [0.1, 0.15) is 15.2 Å². The smallest absolute Gasteiger partial charge is 0.266 e. The van der Waals surface area contributed by atoms with Gasteiger partial charge >= 0.3 is 0 Å². The number of hydrogen-bond acceptors (Lipinski definition) is 2. The fourth-order valence-corrected chi connectivity index (χ4v) is 2.90. The van der Waals surface area contributed by atoms with E-state index in [1.165, 1.54) is 11.3 Å². The van der Waals surface area contributed by atoms with Crippen LogP contribution in [0.15, 0.2) is 38.6 Å². The molecule has 5 heteroatoms. The van der Waals surface area contributed by atoms with Crippen LogP contribution in [-0.2, 0) is 0 Å². The molecule has 17 heavy (non-hydrogen) atoms. The molecule has 0 spiro atoms. The molecule has 1 N–H and O–H groups in total. The van der Waals surface area contributed by atoms with Crippen LogP contribution in [0.5, 0.6) is 0 Å². The Kier molecular flexibility index (Phi) is 4.01. The molecule has 1 amide bonds. The minimum Gasteiger partial charge on any atom is -0.320 e. The van der Waals surface area contributed by atoms with Crippen molar-refractivity contribution in [3.8, 4) is 0 Å². The molecule has 2 rings (SSSR count). The number of amides is 1. The summed E-state index contributed by atoms with van der Waals surface area (Å²) in [6.45, 7) is 1.93. The molecule has 0 saturated carbocycles. The van der Waals surface area contributed by atoms with E-state index in [0.29, 0.717) is 0 Å². The summed E-state index contributed by atoms with van der Waals surface area (Å²) in [7, 11) is 0. The summed E-state index contributed by atoms with van der Waals surface area (Å²) < 4.78 is 1.79. The van der Waals surface area contributed by atoms with Crippen molar-refractivity contribution in [3.05, 3.63) is 49.0 Å². The second kappa shape index (κ2) is 5.33. The average molecular weight is 375 g/mol. The lowest BCUT2D eigenvalue weighted by molar-refractivity contribution is 0.103. The topological polar surface area (TPSA) is 29.1 Å². The van der Waals surface area contributed by atoms with Crippen LogP contribution in [-0.4, -0.2) is 5.91 Å². The number of thiophene rings is 1. The number of carbonyl (C=O) groups is 1. The Morgan fingerprint density at radius 2 is 2.06 bits per heavy atom. The summed E-state index contributed by atoms with van der Waals surface area (Å²) >= 11 is 8.24. The van der Waals surface area contributed by atoms with Gasteiger partial charge in [-0.15, -0.1) is 11.3 Å². The summed E-state index contributed by atoms with van der Waals surface area (Å²) in [6, 6.07) is 7.61. The highest BCUT2D eigenvalue weighted by atomic mass is 79.9. The molecular formula is C12H9Br2NOS. The SMILES string of the molecule is Cc1ccsc1C(=O)Nc1cc(Br)ccc1Br. The quantitative estimate of drug-likeness (QED) is 0.800. The van der Waals surface area contributed by atoms with Crippen molar-refractivity contribution >= 4 is 54.8 Å². The van der Waals surface area contributed by atoms with Gasteiger partial charge in [0.1, 0.15) is 0 Å². The standard InChI is InChI=1S/C12H9Br2NOS/c1-7-4-5-17-11(7)12(16)15-10-6-8(13)2-3-9(10)14/h2-6H,1H3,(H,15,16). The number of nitrogens with one attached hydrogen (secondary N) is 1. The molecule has 0 saturated heterocycles. The zero-order valence-corrected chi connectivity index (χ0v) is 12.9. The Hall–Kier alpha value is -0.650. The number of hydrogen-bond donors (Lipinski definition) is 1. The molecule has 1 aromatic heterocycles. The summed E-state index contributed by atoms with van der Waals surface area (Å²) in [5.41, 5.74) is 1.76. The van der Waals surface area contributed by atoms with E-state index < -0.39 is 0 Å². The minimum atomic E-state index is -0.0729. The van der Waals surface area contributed by atoms with E-state index in [2.05, 4.69) is 37.2 Å². The van der Waals surface area contributed by atoms with Crippen LogP contribution in [0.4, 0.5) is 5.69 Å². The number of aryl methyl sites for hydroxylation is 1.